The van der Waals surface area contributed by atoms with Crippen LogP contribution in [0, 0.1) is 6.92 Å². The predicted octanol–water partition coefficient (Wildman–Crippen LogP) is 0.687. The lowest BCUT2D eigenvalue weighted by atomic mass is 10.0. The number of carboxylic acids is 1. The van der Waals surface area contributed by atoms with Crippen molar-refractivity contribution in [1.82, 2.24) is 5.32 Å². The molecule has 0 spiro atoms. The van der Waals surface area contributed by atoms with Crippen molar-refractivity contribution in [3.05, 3.63) is 39.7 Å². The van der Waals surface area contributed by atoms with Gasteiger partial charge in [0.15, 0.2) is 0 Å². The quantitative estimate of drug-likeness (QED) is 0.739. The van der Waals surface area contributed by atoms with Crippen LogP contribution in [0.2, 0.25) is 0 Å². The fourth-order valence-electron chi connectivity index (χ4n) is 2.65. The van der Waals surface area contributed by atoms with Gasteiger partial charge < -0.3 is 24.4 Å². The van der Waals surface area contributed by atoms with Crippen LogP contribution >= 0.6 is 0 Å². The maximum atomic E-state index is 12.2. The predicted molar refractivity (Wildman–Crippen MR) is 89.3 cm³/mol. The number of benzene rings is 1. The first kappa shape index (κ1) is 18.5. The number of aryl methyl sites for hydroxylation is 1. The Bertz CT molecular complexity index is 855. The summed E-state index contributed by atoms with van der Waals surface area (Å²) in [6.07, 6.45) is 0.584. The number of carbonyl (C=O) groups excluding carboxylic acids is 2. The number of carbonyl (C=O) groups is 2. The monoisotopic (exact) mass is 346 g/mol. The summed E-state index contributed by atoms with van der Waals surface area (Å²) in [6, 6.07) is 4.00. The molecule has 0 saturated carbocycles. The molecule has 0 aliphatic rings. The average Bonchev–Trinajstić information content (AvgIpc) is 2.57. The number of carboxylic acid groups (broad SMARTS) is 1. The normalized spacial score (nSPS) is 12.0. The van der Waals surface area contributed by atoms with E-state index in [0.29, 0.717) is 28.7 Å². The lowest BCUT2D eigenvalue weighted by Gasteiger charge is -2.19. The number of methoxy groups -OCH3 is 1. The van der Waals surface area contributed by atoms with Gasteiger partial charge in [-0.15, -0.1) is 0 Å². The fourth-order valence-corrected chi connectivity index (χ4v) is 2.65. The van der Waals surface area contributed by atoms with Crippen molar-refractivity contribution < 1.29 is 23.8 Å². The van der Waals surface area contributed by atoms with Crippen LogP contribution in [0.4, 0.5) is 0 Å². The van der Waals surface area contributed by atoms with E-state index >= 15 is 0 Å². The summed E-state index contributed by atoms with van der Waals surface area (Å²) in [7, 11) is 1.51. The van der Waals surface area contributed by atoms with Gasteiger partial charge in [0.1, 0.15) is 11.3 Å². The Morgan fingerprint density at radius 1 is 1.36 bits per heavy atom. The molecule has 0 aliphatic carbocycles. The lowest BCUT2D eigenvalue weighted by molar-refractivity contribution is -0.308. The summed E-state index contributed by atoms with van der Waals surface area (Å²) in [4.78, 5) is 35.4. The molecule has 1 heterocycles. The first-order chi connectivity index (χ1) is 11.9. The standard InChI is InChI=1S/C18H21NO6/c1-4-5-14(17(21)22)19-16(20)9-13-10(2)12-7-6-11(24-3)8-15(12)25-18(13)23/h6-8,14H,4-5,9H2,1-3H3,(H,19,20)(H,21,22)/p-1/t14-/m1/s1. The number of hydrogen-bond acceptors (Lipinski definition) is 6. The molecule has 0 fully saturated rings. The summed E-state index contributed by atoms with van der Waals surface area (Å²) in [6.45, 7) is 3.52. The number of rotatable bonds is 7. The van der Waals surface area contributed by atoms with Gasteiger partial charge >= 0.3 is 5.63 Å². The van der Waals surface area contributed by atoms with Crippen LogP contribution in [0.1, 0.15) is 30.9 Å². The largest absolute Gasteiger partial charge is 0.548 e. The minimum absolute atomic E-state index is 0.198. The van der Waals surface area contributed by atoms with Crippen LogP contribution in [0.15, 0.2) is 27.4 Å². The van der Waals surface area contributed by atoms with E-state index in [2.05, 4.69) is 5.32 Å². The second-order valence-corrected chi connectivity index (χ2v) is 5.76. The number of fused-ring (bicyclic) bond motifs is 1. The molecule has 0 saturated heterocycles. The molecular formula is C18H20NO6-. The smallest absolute Gasteiger partial charge is 0.340 e. The molecule has 1 N–H and O–H groups in total. The van der Waals surface area contributed by atoms with Crippen LogP contribution in [-0.4, -0.2) is 25.0 Å². The molecule has 1 amide bonds. The van der Waals surface area contributed by atoms with E-state index in [1.54, 1.807) is 32.0 Å². The van der Waals surface area contributed by atoms with Crippen molar-refractivity contribution in [1.29, 1.82) is 0 Å². The second kappa shape index (κ2) is 7.83. The topological polar surface area (TPSA) is 109 Å². The van der Waals surface area contributed by atoms with Crippen molar-refractivity contribution in [2.45, 2.75) is 39.2 Å². The van der Waals surface area contributed by atoms with Crippen molar-refractivity contribution in [3.8, 4) is 5.75 Å². The third-order valence-electron chi connectivity index (χ3n) is 4.03. The fraction of sp³-hybridized carbons (Fsp3) is 0.389. The summed E-state index contributed by atoms with van der Waals surface area (Å²) in [5.74, 6) is -1.35. The average molecular weight is 346 g/mol. The Hall–Kier alpha value is -2.83. The van der Waals surface area contributed by atoms with Crippen LogP contribution in [-0.2, 0) is 16.0 Å². The maximum Gasteiger partial charge on any atom is 0.340 e. The van der Waals surface area contributed by atoms with Gasteiger partial charge in [-0.05, 0) is 31.0 Å². The van der Waals surface area contributed by atoms with Gasteiger partial charge in [0.05, 0.1) is 31.1 Å². The molecule has 1 aromatic carbocycles. The van der Waals surface area contributed by atoms with Crippen LogP contribution < -0.4 is 20.8 Å². The number of amides is 1. The molecule has 0 aliphatic heterocycles. The van der Waals surface area contributed by atoms with Gasteiger partial charge in [-0.2, -0.15) is 0 Å². The number of aliphatic carboxylic acids is 1. The molecule has 7 nitrogen and oxygen atoms in total. The van der Waals surface area contributed by atoms with E-state index in [-0.39, 0.29) is 18.4 Å². The Morgan fingerprint density at radius 3 is 2.68 bits per heavy atom. The number of ether oxygens (including phenoxy) is 1. The van der Waals surface area contributed by atoms with Crippen molar-refractivity contribution in [2.24, 2.45) is 0 Å². The van der Waals surface area contributed by atoms with Crippen molar-refractivity contribution >= 4 is 22.8 Å². The Balaban J connectivity index is 2.30. The van der Waals surface area contributed by atoms with Gasteiger partial charge in [-0.3, -0.25) is 4.79 Å². The van der Waals surface area contributed by atoms with E-state index < -0.39 is 23.5 Å². The van der Waals surface area contributed by atoms with Gasteiger partial charge in [0.25, 0.3) is 0 Å². The molecule has 2 aromatic rings. The third-order valence-corrected chi connectivity index (χ3v) is 4.03. The van der Waals surface area contributed by atoms with Crippen LogP contribution in [0.3, 0.4) is 0 Å². The molecule has 7 heteroatoms. The molecule has 1 atom stereocenters. The van der Waals surface area contributed by atoms with Crippen molar-refractivity contribution in [3.63, 3.8) is 0 Å². The minimum atomic E-state index is -1.34. The van der Waals surface area contributed by atoms with Crippen molar-refractivity contribution in [2.75, 3.05) is 7.11 Å². The molecule has 25 heavy (non-hydrogen) atoms. The van der Waals surface area contributed by atoms with Gasteiger partial charge in [0.2, 0.25) is 5.91 Å². The van der Waals surface area contributed by atoms with E-state index in [1.165, 1.54) is 7.11 Å². The molecular weight excluding hydrogens is 326 g/mol. The molecule has 134 valence electrons. The van der Waals surface area contributed by atoms with Gasteiger partial charge in [-0.25, -0.2) is 4.79 Å². The summed E-state index contributed by atoms with van der Waals surface area (Å²) < 4.78 is 10.4. The number of nitrogens with one attached hydrogen (secondary N) is 1. The molecule has 2 rings (SSSR count). The lowest BCUT2D eigenvalue weighted by Crippen LogP contribution is -2.48. The zero-order chi connectivity index (χ0) is 18.6. The zero-order valence-corrected chi connectivity index (χ0v) is 14.4. The summed E-state index contributed by atoms with van der Waals surface area (Å²) in [5.41, 5.74) is 0.548. The molecule has 0 radical (unpaired) electrons. The first-order valence-electron chi connectivity index (χ1n) is 7.97. The van der Waals surface area contributed by atoms with Crippen LogP contribution in [0.5, 0.6) is 5.75 Å². The summed E-state index contributed by atoms with van der Waals surface area (Å²) in [5, 5.41) is 14.1. The van der Waals surface area contributed by atoms with E-state index in [4.69, 9.17) is 9.15 Å². The van der Waals surface area contributed by atoms with Gasteiger partial charge in [-0.1, -0.05) is 13.3 Å². The van der Waals surface area contributed by atoms with E-state index in [0.717, 1.165) is 0 Å². The maximum absolute atomic E-state index is 12.2. The van der Waals surface area contributed by atoms with E-state index in [9.17, 15) is 19.5 Å². The molecule has 1 aromatic heterocycles. The Morgan fingerprint density at radius 2 is 2.08 bits per heavy atom. The first-order valence-corrected chi connectivity index (χ1v) is 7.97. The minimum Gasteiger partial charge on any atom is -0.548 e. The Labute approximate surface area is 144 Å². The SMILES string of the molecule is CCC[C@@H](NC(=O)Cc1c(C)c2ccc(OC)cc2oc1=O)C(=O)[O-]. The highest BCUT2D eigenvalue weighted by Gasteiger charge is 2.18. The summed E-state index contributed by atoms with van der Waals surface area (Å²) >= 11 is 0. The molecule has 0 unspecified atom stereocenters. The molecule has 0 bridgehead atoms. The second-order valence-electron chi connectivity index (χ2n) is 5.76. The zero-order valence-electron chi connectivity index (χ0n) is 14.4. The highest BCUT2D eigenvalue weighted by atomic mass is 16.5. The Kier molecular flexibility index (Phi) is 5.80. The van der Waals surface area contributed by atoms with E-state index in [1.807, 2.05) is 0 Å². The highest BCUT2D eigenvalue weighted by Crippen LogP contribution is 2.24. The van der Waals surface area contributed by atoms with Gasteiger partial charge in [0, 0.05) is 11.5 Å². The highest BCUT2D eigenvalue weighted by molar-refractivity contribution is 5.87. The van der Waals surface area contributed by atoms with Crippen LogP contribution in [0.25, 0.3) is 11.0 Å². The third kappa shape index (κ3) is 4.17. The number of hydrogen-bond donors (Lipinski definition) is 1.